The average molecular weight is 215 g/mol. The topological polar surface area (TPSA) is 18.5 Å². The fourth-order valence-corrected chi connectivity index (χ4v) is 1.28. The molecule has 1 aromatic rings. The Balaban J connectivity index is 2.59. The van der Waals surface area contributed by atoms with Gasteiger partial charge in [-0.05, 0) is 18.6 Å². The fourth-order valence-electron chi connectivity index (χ4n) is 1.05. The van der Waals surface area contributed by atoms with Crippen LogP contribution in [0.1, 0.15) is 19.8 Å². The summed E-state index contributed by atoms with van der Waals surface area (Å²) in [5, 5.41) is 0.598. The highest BCUT2D eigenvalue weighted by molar-refractivity contribution is 6.32. The van der Waals surface area contributed by atoms with Gasteiger partial charge in [0.05, 0.1) is 18.7 Å². The number of hydrogen-bond donors (Lipinski definition) is 0. The van der Waals surface area contributed by atoms with E-state index < -0.39 is 0 Å². The van der Waals surface area contributed by atoms with Crippen LogP contribution >= 0.6 is 11.6 Å². The van der Waals surface area contributed by atoms with Crippen molar-refractivity contribution in [1.82, 2.24) is 0 Å². The van der Waals surface area contributed by atoms with Crippen LogP contribution in [0.3, 0.4) is 0 Å². The first-order valence-corrected chi connectivity index (χ1v) is 5.12. The van der Waals surface area contributed by atoms with Gasteiger partial charge in [-0.15, -0.1) is 0 Å². The molecular formula is C11H15ClO2. The van der Waals surface area contributed by atoms with Gasteiger partial charge in [-0.25, -0.2) is 0 Å². The summed E-state index contributed by atoms with van der Waals surface area (Å²) >= 11 is 5.98. The summed E-state index contributed by atoms with van der Waals surface area (Å²) in [4.78, 5) is 0. The van der Waals surface area contributed by atoms with Gasteiger partial charge in [0.2, 0.25) is 0 Å². The van der Waals surface area contributed by atoms with Crippen LogP contribution in [0, 0.1) is 0 Å². The van der Waals surface area contributed by atoms with E-state index in [0.717, 1.165) is 24.3 Å². The van der Waals surface area contributed by atoms with Crippen LogP contribution in [0.25, 0.3) is 0 Å². The predicted molar refractivity (Wildman–Crippen MR) is 58.4 cm³/mol. The van der Waals surface area contributed by atoms with Crippen molar-refractivity contribution in [3.05, 3.63) is 23.2 Å². The number of rotatable bonds is 5. The summed E-state index contributed by atoms with van der Waals surface area (Å²) in [6, 6.07) is 5.42. The van der Waals surface area contributed by atoms with Gasteiger partial charge in [0, 0.05) is 6.07 Å². The lowest BCUT2D eigenvalue weighted by Crippen LogP contribution is -1.97. The number of benzene rings is 1. The lowest BCUT2D eigenvalue weighted by Gasteiger charge is -2.08. The number of hydrogen-bond acceptors (Lipinski definition) is 2. The molecule has 14 heavy (non-hydrogen) atoms. The van der Waals surface area contributed by atoms with Crippen LogP contribution in [-0.2, 0) is 0 Å². The Bertz CT molecular complexity index is 287. The zero-order valence-electron chi connectivity index (χ0n) is 8.55. The van der Waals surface area contributed by atoms with Gasteiger partial charge < -0.3 is 9.47 Å². The third kappa shape index (κ3) is 3.11. The van der Waals surface area contributed by atoms with Gasteiger partial charge in [0.1, 0.15) is 11.5 Å². The van der Waals surface area contributed by atoms with Gasteiger partial charge in [-0.3, -0.25) is 0 Å². The van der Waals surface area contributed by atoms with Gasteiger partial charge in [-0.1, -0.05) is 24.9 Å². The van der Waals surface area contributed by atoms with Crippen LogP contribution in [-0.4, -0.2) is 13.7 Å². The van der Waals surface area contributed by atoms with Crippen LogP contribution in [0.4, 0.5) is 0 Å². The van der Waals surface area contributed by atoms with Gasteiger partial charge >= 0.3 is 0 Å². The van der Waals surface area contributed by atoms with E-state index in [1.54, 1.807) is 13.2 Å². The number of halogens is 1. The van der Waals surface area contributed by atoms with Gasteiger partial charge in [0.25, 0.3) is 0 Å². The highest BCUT2D eigenvalue weighted by atomic mass is 35.5. The molecule has 0 aliphatic rings. The molecule has 0 saturated heterocycles. The van der Waals surface area contributed by atoms with Crippen molar-refractivity contribution in [2.75, 3.05) is 13.7 Å². The van der Waals surface area contributed by atoms with Crippen molar-refractivity contribution < 1.29 is 9.47 Å². The zero-order chi connectivity index (χ0) is 10.4. The molecular weight excluding hydrogens is 200 g/mol. The van der Waals surface area contributed by atoms with Crippen molar-refractivity contribution in [2.45, 2.75) is 19.8 Å². The lowest BCUT2D eigenvalue weighted by molar-refractivity contribution is 0.309. The summed E-state index contributed by atoms with van der Waals surface area (Å²) in [7, 11) is 1.61. The average Bonchev–Trinajstić information content (AvgIpc) is 2.20. The normalized spacial score (nSPS) is 9.93. The minimum atomic E-state index is 0.598. The third-order valence-corrected chi connectivity index (χ3v) is 2.19. The molecule has 1 rings (SSSR count). The first-order chi connectivity index (χ1) is 6.77. The van der Waals surface area contributed by atoms with E-state index >= 15 is 0 Å². The maximum Gasteiger partial charge on any atom is 0.138 e. The third-order valence-electron chi connectivity index (χ3n) is 1.89. The smallest absolute Gasteiger partial charge is 0.138 e. The molecule has 0 fully saturated rings. The molecule has 0 amide bonds. The van der Waals surface area contributed by atoms with Crippen LogP contribution < -0.4 is 9.47 Å². The van der Waals surface area contributed by atoms with Gasteiger partial charge in [-0.2, -0.15) is 0 Å². The second-order valence-corrected chi connectivity index (χ2v) is 3.41. The Morgan fingerprint density at radius 1 is 1.36 bits per heavy atom. The van der Waals surface area contributed by atoms with E-state index in [1.165, 1.54) is 0 Å². The highest BCUT2D eigenvalue weighted by Crippen LogP contribution is 2.28. The Labute approximate surface area is 89.8 Å². The second-order valence-electron chi connectivity index (χ2n) is 3.00. The monoisotopic (exact) mass is 214 g/mol. The van der Waals surface area contributed by atoms with E-state index in [1.807, 2.05) is 12.1 Å². The molecule has 0 spiro atoms. The second kappa shape index (κ2) is 5.76. The van der Waals surface area contributed by atoms with E-state index in [9.17, 15) is 0 Å². The summed E-state index contributed by atoms with van der Waals surface area (Å²) < 4.78 is 10.5. The molecule has 2 nitrogen and oxygen atoms in total. The predicted octanol–water partition coefficient (Wildman–Crippen LogP) is 3.53. The molecule has 0 N–H and O–H groups in total. The minimum absolute atomic E-state index is 0.598. The SMILES string of the molecule is CCCCOc1ccc(OC)cc1Cl. The van der Waals surface area contributed by atoms with E-state index in [0.29, 0.717) is 11.6 Å². The summed E-state index contributed by atoms with van der Waals surface area (Å²) in [5.74, 6) is 1.47. The van der Waals surface area contributed by atoms with Crippen LogP contribution in [0.2, 0.25) is 5.02 Å². The quantitative estimate of drug-likeness (QED) is 0.699. The first kappa shape index (κ1) is 11.2. The molecule has 0 atom stereocenters. The molecule has 0 saturated carbocycles. The zero-order valence-corrected chi connectivity index (χ0v) is 9.30. The lowest BCUT2D eigenvalue weighted by atomic mass is 10.3. The van der Waals surface area contributed by atoms with E-state index in [-0.39, 0.29) is 0 Å². The molecule has 1 aromatic carbocycles. The standard InChI is InChI=1S/C11H15ClO2/c1-3-4-7-14-11-6-5-9(13-2)8-10(11)12/h5-6,8H,3-4,7H2,1-2H3. The van der Waals surface area contributed by atoms with Crippen LogP contribution in [0.15, 0.2) is 18.2 Å². The Morgan fingerprint density at radius 3 is 2.71 bits per heavy atom. The summed E-state index contributed by atoms with van der Waals surface area (Å²) in [6.07, 6.45) is 2.16. The maximum atomic E-state index is 5.98. The molecule has 0 aliphatic heterocycles. The molecule has 3 heteroatoms. The molecule has 0 radical (unpaired) electrons. The molecule has 0 aromatic heterocycles. The van der Waals surface area contributed by atoms with Gasteiger partial charge in [0.15, 0.2) is 0 Å². The highest BCUT2D eigenvalue weighted by Gasteiger charge is 2.02. The van der Waals surface area contributed by atoms with Crippen molar-refractivity contribution in [3.63, 3.8) is 0 Å². The van der Waals surface area contributed by atoms with Crippen molar-refractivity contribution in [1.29, 1.82) is 0 Å². The fraction of sp³-hybridized carbons (Fsp3) is 0.455. The van der Waals surface area contributed by atoms with E-state index in [4.69, 9.17) is 21.1 Å². The Hall–Kier alpha value is -0.890. The largest absolute Gasteiger partial charge is 0.497 e. The van der Waals surface area contributed by atoms with Crippen molar-refractivity contribution in [3.8, 4) is 11.5 Å². The number of unbranched alkanes of at least 4 members (excludes halogenated alkanes) is 1. The minimum Gasteiger partial charge on any atom is -0.497 e. The van der Waals surface area contributed by atoms with Crippen molar-refractivity contribution >= 4 is 11.6 Å². The van der Waals surface area contributed by atoms with Crippen molar-refractivity contribution in [2.24, 2.45) is 0 Å². The van der Waals surface area contributed by atoms with E-state index in [2.05, 4.69) is 6.92 Å². The molecule has 78 valence electrons. The molecule has 0 heterocycles. The Morgan fingerprint density at radius 2 is 2.14 bits per heavy atom. The molecule has 0 bridgehead atoms. The summed E-state index contributed by atoms with van der Waals surface area (Å²) in [6.45, 7) is 2.83. The Kier molecular flexibility index (Phi) is 4.60. The summed E-state index contributed by atoms with van der Waals surface area (Å²) in [5.41, 5.74) is 0. The first-order valence-electron chi connectivity index (χ1n) is 4.74. The molecule has 0 aliphatic carbocycles. The van der Waals surface area contributed by atoms with Crippen LogP contribution in [0.5, 0.6) is 11.5 Å². The molecule has 0 unspecified atom stereocenters. The maximum absolute atomic E-state index is 5.98. The number of methoxy groups -OCH3 is 1. The number of ether oxygens (including phenoxy) is 2.